The third kappa shape index (κ3) is 5.87. The third-order valence-corrected chi connectivity index (χ3v) is 5.30. The second-order valence-electron chi connectivity index (χ2n) is 6.92. The average Bonchev–Trinajstić information content (AvgIpc) is 3.22. The number of carbonyl (C=O) groups excluding carboxylic acids is 2. The Hall–Kier alpha value is -3.26. The highest BCUT2D eigenvalue weighted by Crippen LogP contribution is 2.18. The van der Waals surface area contributed by atoms with Crippen molar-refractivity contribution in [2.24, 2.45) is 0 Å². The van der Waals surface area contributed by atoms with Crippen LogP contribution in [-0.4, -0.2) is 28.1 Å². The van der Waals surface area contributed by atoms with Gasteiger partial charge in [-0.2, -0.15) is 0 Å². The maximum atomic E-state index is 12.4. The van der Waals surface area contributed by atoms with Crippen LogP contribution >= 0.6 is 11.3 Å². The zero-order valence-electron chi connectivity index (χ0n) is 17.1. The lowest BCUT2D eigenvalue weighted by Gasteiger charge is -2.11. The minimum absolute atomic E-state index is 0.110. The zero-order chi connectivity index (χ0) is 21.5. The summed E-state index contributed by atoms with van der Waals surface area (Å²) in [4.78, 5) is 24.6. The number of carbonyl (C=O) groups is 2. The summed E-state index contributed by atoms with van der Waals surface area (Å²) in [5, 5.41) is 14.5. The lowest BCUT2D eigenvalue weighted by atomic mass is 10.1. The Bertz CT molecular complexity index is 1020. The van der Waals surface area contributed by atoms with Crippen LogP contribution in [0, 0.1) is 6.92 Å². The number of hydrogen-bond donors (Lipinski definition) is 2. The van der Waals surface area contributed by atoms with Gasteiger partial charge in [0.1, 0.15) is 12.4 Å². The molecular formula is C22H24N4O3S. The van der Waals surface area contributed by atoms with Crippen LogP contribution in [0.25, 0.3) is 0 Å². The normalized spacial score (nSPS) is 11.6. The highest BCUT2D eigenvalue weighted by atomic mass is 32.1. The first kappa shape index (κ1) is 21.4. The van der Waals surface area contributed by atoms with Crippen molar-refractivity contribution in [3.05, 3.63) is 69.7 Å². The summed E-state index contributed by atoms with van der Waals surface area (Å²) < 4.78 is 5.69. The molecule has 0 spiro atoms. The average molecular weight is 425 g/mol. The van der Waals surface area contributed by atoms with E-state index in [1.165, 1.54) is 11.3 Å². The number of anilines is 1. The van der Waals surface area contributed by atoms with Crippen molar-refractivity contribution in [2.75, 3.05) is 5.32 Å². The lowest BCUT2D eigenvalue weighted by Crippen LogP contribution is -2.31. The Labute approximate surface area is 179 Å². The molecular weight excluding hydrogens is 400 g/mol. The van der Waals surface area contributed by atoms with E-state index in [1.54, 1.807) is 24.3 Å². The molecule has 1 atom stereocenters. The number of amides is 2. The summed E-state index contributed by atoms with van der Waals surface area (Å²) in [5.74, 6) is 0.254. The quantitative estimate of drug-likeness (QED) is 0.565. The van der Waals surface area contributed by atoms with Gasteiger partial charge in [-0.15, -0.1) is 10.2 Å². The molecule has 0 unspecified atom stereocenters. The molecule has 0 radical (unpaired) electrons. The molecule has 0 bridgehead atoms. The summed E-state index contributed by atoms with van der Waals surface area (Å²) in [7, 11) is 0. The van der Waals surface area contributed by atoms with Crippen LogP contribution in [0.2, 0.25) is 0 Å². The van der Waals surface area contributed by atoms with Gasteiger partial charge in [0.2, 0.25) is 5.01 Å². The fourth-order valence-corrected chi connectivity index (χ4v) is 3.20. The van der Waals surface area contributed by atoms with Crippen LogP contribution in [0.15, 0.2) is 48.5 Å². The standard InChI is InChI=1S/C22H24N4O3S/c1-4-15(3)23-20(27)16-8-10-17(11-9-16)24-21(28)22-26-25-19(30-22)13-29-18-7-5-6-14(2)12-18/h5-12,15H,4,13H2,1-3H3,(H,23,27)(H,24,28)/t15-/m0/s1. The Morgan fingerprint density at radius 2 is 1.87 bits per heavy atom. The molecule has 2 aromatic carbocycles. The van der Waals surface area contributed by atoms with E-state index in [1.807, 2.05) is 45.0 Å². The minimum Gasteiger partial charge on any atom is -0.486 e. The molecule has 8 heteroatoms. The predicted octanol–water partition coefficient (Wildman–Crippen LogP) is 4.21. The van der Waals surface area contributed by atoms with Gasteiger partial charge in [-0.05, 0) is 62.2 Å². The largest absolute Gasteiger partial charge is 0.486 e. The first-order valence-electron chi connectivity index (χ1n) is 9.68. The van der Waals surface area contributed by atoms with Gasteiger partial charge in [-0.3, -0.25) is 9.59 Å². The molecule has 0 saturated heterocycles. The fraction of sp³-hybridized carbons (Fsp3) is 0.273. The van der Waals surface area contributed by atoms with Crippen LogP contribution in [0.1, 0.15) is 51.0 Å². The van der Waals surface area contributed by atoms with Gasteiger partial charge in [-0.25, -0.2) is 0 Å². The van der Waals surface area contributed by atoms with Crippen LogP contribution in [0.3, 0.4) is 0 Å². The van der Waals surface area contributed by atoms with E-state index in [4.69, 9.17) is 4.74 Å². The first-order valence-corrected chi connectivity index (χ1v) is 10.5. The van der Waals surface area contributed by atoms with Crippen LogP contribution in [-0.2, 0) is 6.61 Å². The molecule has 3 rings (SSSR count). The number of ether oxygens (including phenoxy) is 1. The second-order valence-corrected chi connectivity index (χ2v) is 7.98. The molecule has 156 valence electrons. The van der Waals surface area contributed by atoms with Gasteiger partial charge in [0.25, 0.3) is 11.8 Å². The predicted molar refractivity (Wildman–Crippen MR) is 117 cm³/mol. The van der Waals surface area contributed by atoms with Crippen molar-refractivity contribution in [2.45, 2.75) is 39.8 Å². The van der Waals surface area contributed by atoms with Crippen molar-refractivity contribution in [1.82, 2.24) is 15.5 Å². The highest BCUT2D eigenvalue weighted by Gasteiger charge is 2.14. The number of nitrogens with one attached hydrogen (secondary N) is 2. The van der Waals surface area contributed by atoms with Crippen molar-refractivity contribution in [3.63, 3.8) is 0 Å². The SMILES string of the molecule is CC[C@H](C)NC(=O)c1ccc(NC(=O)c2nnc(COc3cccc(C)c3)s2)cc1. The molecule has 1 heterocycles. The molecule has 0 aliphatic heterocycles. The monoisotopic (exact) mass is 424 g/mol. The molecule has 1 aromatic heterocycles. The molecule has 0 saturated carbocycles. The Morgan fingerprint density at radius 1 is 1.10 bits per heavy atom. The lowest BCUT2D eigenvalue weighted by molar-refractivity contribution is 0.0938. The highest BCUT2D eigenvalue weighted by molar-refractivity contribution is 7.13. The molecule has 2 amide bonds. The maximum Gasteiger partial charge on any atom is 0.286 e. The molecule has 0 aliphatic carbocycles. The molecule has 2 N–H and O–H groups in total. The van der Waals surface area contributed by atoms with Gasteiger partial charge >= 0.3 is 0 Å². The Morgan fingerprint density at radius 3 is 2.57 bits per heavy atom. The maximum absolute atomic E-state index is 12.4. The number of hydrogen-bond acceptors (Lipinski definition) is 6. The molecule has 0 aliphatic rings. The molecule has 3 aromatic rings. The number of benzene rings is 2. The first-order chi connectivity index (χ1) is 14.4. The summed E-state index contributed by atoms with van der Waals surface area (Å²) in [6.45, 7) is 6.20. The van der Waals surface area contributed by atoms with Crippen LogP contribution < -0.4 is 15.4 Å². The third-order valence-electron chi connectivity index (χ3n) is 4.41. The van der Waals surface area contributed by atoms with E-state index in [-0.39, 0.29) is 29.5 Å². The fourth-order valence-electron chi connectivity index (χ4n) is 2.55. The summed E-state index contributed by atoms with van der Waals surface area (Å²) in [6, 6.07) is 14.5. The van der Waals surface area contributed by atoms with E-state index in [2.05, 4.69) is 20.8 Å². The van der Waals surface area contributed by atoms with Crippen LogP contribution in [0.4, 0.5) is 5.69 Å². The molecule has 0 fully saturated rings. The van der Waals surface area contributed by atoms with E-state index in [0.717, 1.165) is 17.7 Å². The Balaban J connectivity index is 1.55. The number of nitrogens with zero attached hydrogens (tertiary/aromatic N) is 2. The topological polar surface area (TPSA) is 93.2 Å². The number of aromatic nitrogens is 2. The van der Waals surface area contributed by atoms with Crippen molar-refractivity contribution >= 4 is 28.8 Å². The van der Waals surface area contributed by atoms with Gasteiger partial charge < -0.3 is 15.4 Å². The van der Waals surface area contributed by atoms with Crippen LogP contribution in [0.5, 0.6) is 5.75 Å². The minimum atomic E-state index is -0.355. The Kier molecular flexibility index (Phi) is 7.13. The van der Waals surface area contributed by atoms with Gasteiger partial charge in [0.15, 0.2) is 5.01 Å². The van der Waals surface area contributed by atoms with Crippen molar-refractivity contribution < 1.29 is 14.3 Å². The number of rotatable bonds is 8. The summed E-state index contributed by atoms with van der Waals surface area (Å²) in [6.07, 6.45) is 0.861. The van der Waals surface area contributed by atoms with Gasteiger partial charge in [-0.1, -0.05) is 30.4 Å². The van der Waals surface area contributed by atoms with Gasteiger partial charge in [0, 0.05) is 17.3 Å². The summed E-state index contributed by atoms with van der Waals surface area (Å²) >= 11 is 1.18. The van der Waals surface area contributed by atoms with Gasteiger partial charge in [0.05, 0.1) is 0 Å². The molecule has 30 heavy (non-hydrogen) atoms. The smallest absolute Gasteiger partial charge is 0.286 e. The molecule has 7 nitrogen and oxygen atoms in total. The van der Waals surface area contributed by atoms with E-state index < -0.39 is 0 Å². The van der Waals surface area contributed by atoms with Crippen molar-refractivity contribution in [1.29, 1.82) is 0 Å². The number of aryl methyl sites for hydroxylation is 1. The van der Waals surface area contributed by atoms with E-state index in [9.17, 15) is 9.59 Å². The van der Waals surface area contributed by atoms with Crippen molar-refractivity contribution in [3.8, 4) is 5.75 Å². The van der Waals surface area contributed by atoms with E-state index in [0.29, 0.717) is 16.3 Å². The second kappa shape index (κ2) is 9.98. The zero-order valence-corrected chi connectivity index (χ0v) is 18.0. The summed E-state index contributed by atoms with van der Waals surface area (Å²) in [5.41, 5.74) is 2.22. The van der Waals surface area contributed by atoms with E-state index >= 15 is 0 Å².